The van der Waals surface area contributed by atoms with Gasteiger partial charge in [-0.1, -0.05) is 60.7 Å². The molecule has 0 bridgehead atoms. The molecule has 1 aromatic heterocycles. The zero-order valence-corrected chi connectivity index (χ0v) is 15.6. The van der Waals surface area contributed by atoms with Crippen LogP contribution in [0.2, 0.25) is 0 Å². The molecule has 3 heteroatoms. The number of rotatable bonds is 5. The summed E-state index contributed by atoms with van der Waals surface area (Å²) in [5.74, 6) is 0. The van der Waals surface area contributed by atoms with Crippen LogP contribution in [0.3, 0.4) is 0 Å². The van der Waals surface area contributed by atoms with E-state index in [1.807, 2.05) is 11.3 Å². The van der Waals surface area contributed by atoms with Gasteiger partial charge in [0.15, 0.2) is 0 Å². The van der Waals surface area contributed by atoms with E-state index in [-0.39, 0.29) is 0 Å². The van der Waals surface area contributed by atoms with Gasteiger partial charge in [0.2, 0.25) is 6.17 Å². The Morgan fingerprint density at radius 3 is 1.72 bits per heavy atom. The van der Waals surface area contributed by atoms with Crippen molar-refractivity contribution in [3.05, 3.63) is 93.7 Å². The SMILES string of the molecule is Cc1ccc(C2[NH+](Cc3ccccc3)CC[NH+]2Cc2ccccc2)s1. The molecule has 1 aliphatic heterocycles. The van der Waals surface area contributed by atoms with Crippen LogP contribution in [0.15, 0.2) is 72.8 Å². The summed E-state index contributed by atoms with van der Waals surface area (Å²) in [7, 11) is 0. The fourth-order valence-electron chi connectivity index (χ4n) is 4.01. The molecule has 2 atom stereocenters. The van der Waals surface area contributed by atoms with Gasteiger partial charge in [0.25, 0.3) is 0 Å². The molecule has 0 amide bonds. The second-order valence-corrected chi connectivity index (χ2v) is 8.34. The molecule has 2 aromatic carbocycles. The van der Waals surface area contributed by atoms with E-state index in [4.69, 9.17) is 0 Å². The molecule has 2 heterocycles. The van der Waals surface area contributed by atoms with Crippen LogP contribution in [0.5, 0.6) is 0 Å². The molecule has 0 radical (unpaired) electrons. The molecule has 25 heavy (non-hydrogen) atoms. The molecule has 0 aliphatic carbocycles. The average Bonchev–Trinajstić information content (AvgIpc) is 3.23. The Balaban J connectivity index is 1.58. The van der Waals surface area contributed by atoms with Gasteiger partial charge in [-0.05, 0) is 19.1 Å². The Morgan fingerprint density at radius 1 is 0.760 bits per heavy atom. The maximum atomic E-state index is 2.35. The van der Waals surface area contributed by atoms with Crippen molar-refractivity contribution >= 4 is 11.3 Å². The van der Waals surface area contributed by atoms with Crippen LogP contribution in [-0.4, -0.2) is 13.1 Å². The Labute approximate surface area is 154 Å². The number of thiophene rings is 1. The number of nitrogens with one attached hydrogen (secondary N) is 2. The van der Waals surface area contributed by atoms with E-state index in [0.717, 1.165) is 13.1 Å². The lowest BCUT2D eigenvalue weighted by atomic mass is 10.2. The zero-order valence-electron chi connectivity index (χ0n) is 14.7. The molecular formula is C22H26N2S+2. The van der Waals surface area contributed by atoms with E-state index in [2.05, 4.69) is 79.7 Å². The molecule has 2 unspecified atom stereocenters. The van der Waals surface area contributed by atoms with Crippen LogP contribution < -0.4 is 9.80 Å². The van der Waals surface area contributed by atoms with E-state index in [9.17, 15) is 0 Å². The quantitative estimate of drug-likeness (QED) is 0.698. The molecule has 4 rings (SSSR count). The van der Waals surface area contributed by atoms with Gasteiger partial charge < -0.3 is 0 Å². The molecule has 1 saturated heterocycles. The Morgan fingerprint density at radius 2 is 1.28 bits per heavy atom. The van der Waals surface area contributed by atoms with E-state index in [1.165, 1.54) is 34.0 Å². The predicted octanol–water partition coefficient (Wildman–Crippen LogP) is 2.24. The fraction of sp³-hybridized carbons (Fsp3) is 0.273. The number of quaternary nitrogens is 2. The summed E-state index contributed by atoms with van der Waals surface area (Å²) in [6, 6.07) is 26.5. The molecule has 3 aromatic rings. The Kier molecular flexibility index (Phi) is 4.97. The highest BCUT2D eigenvalue weighted by molar-refractivity contribution is 7.11. The molecule has 128 valence electrons. The van der Waals surface area contributed by atoms with Crippen LogP contribution in [0.25, 0.3) is 0 Å². The summed E-state index contributed by atoms with van der Waals surface area (Å²) in [5.41, 5.74) is 2.88. The second-order valence-electron chi connectivity index (χ2n) is 7.02. The molecule has 1 aliphatic rings. The zero-order chi connectivity index (χ0) is 17.1. The third-order valence-corrected chi connectivity index (χ3v) is 6.24. The van der Waals surface area contributed by atoms with E-state index in [0.29, 0.717) is 6.17 Å². The van der Waals surface area contributed by atoms with E-state index < -0.39 is 0 Å². The van der Waals surface area contributed by atoms with Crippen LogP contribution in [0.4, 0.5) is 0 Å². The van der Waals surface area contributed by atoms with Crippen molar-refractivity contribution in [2.45, 2.75) is 26.2 Å². The van der Waals surface area contributed by atoms with E-state index in [1.54, 1.807) is 9.80 Å². The normalized spacial score (nSPS) is 23.0. The van der Waals surface area contributed by atoms with Crippen LogP contribution in [0.1, 0.15) is 27.0 Å². The van der Waals surface area contributed by atoms with Crippen molar-refractivity contribution in [2.75, 3.05) is 13.1 Å². The maximum Gasteiger partial charge on any atom is 0.250 e. The highest BCUT2D eigenvalue weighted by Gasteiger charge is 2.41. The molecule has 0 saturated carbocycles. The minimum atomic E-state index is 0.541. The molecule has 1 fully saturated rings. The summed E-state index contributed by atoms with van der Waals surface area (Å²) < 4.78 is 0. The van der Waals surface area contributed by atoms with Gasteiger partial charge in [-0.2, -0.15) is 0 Å². The number of benzene rings is 2. The van der Waals surface area contributed by atoms with Gasteiger partial charge in [0.1, 0.15) is 31.1 Å². The first kappa shape index (κ1) is 16.5. The maximum absolute atomic E-state index is 2.35. The molecule has 0 spiro atoms. The predicted molar refractivity (Wildman–Crippen MR) is 104 cm³/mol. The van der Waals surface area contributed by atoms with Gasteiger partial charge in [-0.25, -0.2) is 0 Å². The smallest absolute Gasteiger partial charge is 0.250 e. The van der Waals surface area contributed by atoms with E-state index >= 15 is 0 Å². The standard InChI is InChI=1S/C22H24N2S/c1-18-12-13-21(25-18)22-23(16-19-8-4-2-5-9-19)14-15-24(22)17-20-10-6-3-7-11-20/h2-13,22H,14-17H2,1H3/p+2. The lowest BCUT2D eigenvalue weighted by Gasteiger charge is -2.23. The number of hydrogen-bond acceptors (Lipinski definition) is 1. The molecule has 2 nitrogen and oxygen atoms in total. The van der Waals surface area contributed by atoms with Gasteiger partial charge >= 0.3 is 0 Å². The minimum absolute atomic E-state index is 0.541. The van der Waals surface area contributed by atoms with Crippen molar-refractivity contribution in [3.63, 3.8) is 0 Å². The third-order valence-electron chi connectivity index (χ3n) is 5.18. The van der Waals surface area contributed by atoms with Crippen LogP contribution in [0, 0.1) is 6.92 Å². The summed E-state index contributed by atoms with van der Waals surface area (Å²) in [6.45, 7) is 6.91. The Hall–Kier alpha value is -1.94. The minimum Gasteiger partial charge on any atom is -0.273 e. The van der Waals surface area contributed by atoms with Gasteiger partial charge in [0.05, 0.1) is 0 Å². The van der Waals surface area contributed by atoms with Crippen molar-refractivity contribution < 1.29 is 9.80 Å². The number of aryl methyl sites for hydroxylation is 1. The Bertz CT molecular complexity index is 748. The second kappa shape index (κ2) is 7.52. The van der Waals surface area contributed by atoms with Crippen molar-refractivity contribution in [2.24, 2.45) is 0 Å². The largest absolute Gasteiger partial charge is 0.273 e. The highest BCUT2D eigenvalue weighted by Crippen LogP contribution is 2.19. The van der Waals surface area contributed by atoms with Crippen LogP contribution in [-0.2, 0) is 13.1 Å². The fourth-order valence-corrected chi connectivity index (χ4v) is 5.10. The monoisotopic (exact) mass is 350 g/mol. The van der Waals surface area contributed by atoms with Gasteiger partial charge in [-0.15, -0.1) is 11.3 Å². The summed E-state index contributed by atoms with van der Waals surface area (Å²) in [6.07, 6.45) is 0.541. The first-order valence-corrected chi connectivity index (χ1v) is 9.94. The molecule has 2 N–H and O–H groups in total. The lowest BCUT2D eigenvalue weighted by molar-refractivity contribution is -1.09. The lowest BCUT2D eigenvalue weighted by Crippen LogP contribution is -3.22. The van der Waals surface area contributed by atoms with Gasteiger partial charge in [0, 0.05) is 16.0 Å². The van der Waals surface area contributed by atoms with Crippen LogP contribution >= 0.6 is 11.3 Å². The summed E-state index contributed by atoms with van der Waals surface area (Å²) in [4.78, 5) is 6.34. The first-order valence-electron chi connectivity index (χ1n) is 9.13. The topological polar surface area (TPSA) is 8.88 Å². The summed E-state index contributed by atoms with van der Waals surface area (Å²) >= 11 is 1.97. The average molecular weight is 351 g/mol. The van der Waals surface area contributed by atoms with Crippen molar-refractivity contribution in [1.82, 2.24) is 0 Å². The van der Waals surface area contributed by atoms with Crippen molar-refractivity contribution in [3.8, 4) is 0 Å². The number of hydrogen-bond donors (Lipinski definition) is 2. The third kappa shape index (κ3) is 3.84. The van der Waals surface area contributed by atoms with Gasteiger partial charge in [-0.3, -0.25) is 9.80 Å². The van der Waals surface area contributed by atoms with Crippen molar-refractivity contribution in [1.29, 1.82) is 0 Å². The molecular weight excluding hydrogens is 324 g/mol. The summed E-state index contributed by atoms with van der Waals surface area (Å²) in [5, 5.41) is 0. The first-order chi connectivity index (χ1) is 12.3. The highest BCUT2D eigenvalue weighted by atomic mass is 32.1.